The number of carboxylic acid groups (broad SMARTS) is 1. The molecule has 34 heavy (non-hydrogen) atoms. The Balaban J connectivity index is 1.97. The minimum Gasteiger partial charge on any atom is -0.495 e. The van der Waals surface area contributed by atoms with Gasteiger partial charge in [-0.1, -0.05) is 0 Å². The van der Waals surface area contributed by atoms with Crippen LogP contribution in [0, 0.1) is 3.57 Å². The molecule has 0 spiro atoms. The van der Waals surface area contributed by atoms with E-state index in [0.29, 0.717) is 11.4 Å². The van der Waals surface area contributed by atoms with Crippen LogP contribution in [0.2, 0.25) is 0 Å². The van der Waals surface area contributed by atoms with Crippen LogP contribution in [-0.2, 0) is 19.2 Å². The molecule has 1 heterocycles. The molecular formula is C19H23IN6O8. The summed E-state index contributed by atoms with van der Waals surface area (Å²) in [4.78, 5) is 73.4. The fraction of sp³-hybridized carbons (Fsp3) is 0.368. The highest BCUT2D eigenvalue weighted by atomic mass is 127. The van der Waals surface area contributed by atoms with Crippen molar-refractivity contribution in [1.82, 2.24) is 20.9 Å². The Labute approximate surface area is 207 Å². The van der Waals surface area contributed by atoms with E-state index in [2.05, 4.69) is 33.2 Å². The number of amides is 7. The first kappa shape index (κ1) is 26.6. The maximum absolute atomic E-state index is 12.9. The van der Waals surface area contributed by atoms with Crippen LogP contribution in [0.25, 0.3) is 0 Å². The van der Waals surface area contributed by atoms with Gasteiger partial charge in [-0.2, -0.15) is 0 Å². The molecule has 1 aromatic rings. The SMILES string of the molecule is COc1ccc(I)cc1N1CCC(=O)N(CNC(=O)CNC(=O)C(CC(N)=O)NC(=O)O)C1=O. The molecule has 1 aromatic carbocycles. The molecule has 1 saturated heterocycles. The van der Waals surface area contributed by atoms with Crippen molar-refractivity contribution >= 4 is 64.0 Å². The summed E-state index contributed by atoms with van der Waals surface area (Å²) in [6.45, 7) is -0.917. The number of ether oxygens (including phenoxy) is 1. The topological polar surface area (TPSA) is 200 Å². The number of benzene rings is 1. The van der Waals surface area contributed by atoms with Crippen LogP contribution in [-0.4, -0.2) is 78.7 Å². The van der Waals surface area contributed by atoms with Crippen LogP contribution in [0.3, 0.4) is 0 Å². The molecule has 1 aliphatic heterocycles. The van der Waals surface area contributed by atoms with E-state index in [-0.39, 0.29) is 13.0 Å². The van der Waals surface area contributed by atoms with Gasteiger partial charge >= 0.3 is 12.1 Å². The number of carbonyl (C=O) groups excluding carboxylic acids is 5. The molecule has 0 bridgehead atoms. The van der Waals surface area contributed by atoms with Gasteiger partial charge in [0.1, 0.15) is 18.5 Å². The second-order valence-corrected chi connectivity index (χ2v) is 8.22. The van der Waals surface area contributed by atoms with Crippen molar-refractivity contribution in [2.24, 2.45) is 5.73 Å². The van der Waals surface area contributed by atoms with E-state index in [1.807, 2.05) is 5.32 Å². The van der Waals surface area contributed by atoms with Crippen molar-refractivity contribution in [2.75, 3.05) is 31.8 Å². The third-order valence-corrected chi connectivity index (χ3v) is 5.29. The molecule has 15 heteroatoms. The van der Waals surface area contributed by atoms with E-state index in [4.69, 9.17) is 15.6 Å². The van der Waals surface area contributed by atoms with Crippen molar-refractivity contribution < 1.29 is 38.6 Å². The summed E-state index contributed by atoms with van der Waals surface area (Å²) in [6, 6.07) is 3.08. The normalized spacial score (nSPS) is 14.3. The fourth-order valence-electron chi connectivity index (χ4n) is 3.02. The predicted octanol–water partition coefficient (Wildman–Crippen LogP) is -0.840. The Bertz CT molecular complexity index is 987. The Morgan fingerprint density at radius 1 is 1.24 bits per heavy atom. The number of urea groups is 1. The number of anilines is 1. The molecule has 6 N–H and O–H groups in total. The second kappa shape index (κ2) is 12.0. The minimum absolute atomic E-state index is 0.0165. The number of hydrogen-bond acceptors (Lipinski definition) is 7. The van der Waals surface area contributed by atoms with Gasteiger partial charge in [0.25, 0.3) is 0 Å². The number of rotatable bonds is 10. The average Bonchev–Trinajstić information content (AvgIpc) is 2.76. The van der Waals surface area contributed by atoms with Crippen LogP contribution in [0.1, 0.15) is 12.8 Å². The van der Waals surface area contributed by atoms with Gasteiger partial charge in [0, 0.05) is 16.5 Å². The third-order valence-electron chi connectivity index (χ3n) is 4.62. The number of methoxy groups -OCH3 is 1. The highest BCUT2D eigenvalue weighted by Gasteiger charge is 2.34. The Morgan fingerprint density at radius 3 is 2.56 bits per heavy atom. The molecule has 0 aromatic heterocycles. The lowest BCUT2D eigenvalue weighted by atomic mass is 10.2. The first-order chi connectivity index (χ1) is 16.0. The van der Waals surface area contributed by atoms with Crippen LogP contribution in [0.4, 0.5) is 15.3 Å². The van der Waals surface area contributed by atoms with Gasteiger partial charge in [-0.25, -0.2) is 14.5 Å². The van der Waals surface area contributed by atoms with E-state index in [1.165, 1.54) is 12.0 Å². The quantitative estimate of drug-likeness (QED) is 0.217. The Kier molecular flexibility index (Phi) is 9.40. The number of hydrogen-bond donors (Lipinski definition) is 5. The third kappa shape index (κ3) is 7.19. The zero-order valence-electron chi connectivity index (χ0n) is 18.0. The van der Waals surface area contributed by atoms with E-state index in [0.717, 1.165) is 8.47 Å². The molecule has 1 fully saturated rings. The smallest absolute Gasteiger partial charge is 0.405 e. The summed E-state index contributed by atoms with van der Waals surface area (Å²) in [6.07, 6.45) is -2.14. The van der Waals surface area contributed by atoms with Gasteiger partial charge in [0.15, 0.2) is 0 Å². The van der Waals surface area contributed by atoms with Gasteiger partial charge in [0.2, 0.25) is 23.6 Å². The molecule has 14 nitrogen and oxygen atoms in total. The van der Waals surface area contributed by atoms with Crippen LogP contribution >= 0.6 is 22.6 Å². The zero-order chi connectivity index (χ0) is 25.4. The lowest BCUT2D eigenvalue weighted by Gasteiger charge is -2.34. The van der Waals surface area contributed by atoms with Crippen molar-refractivity contribution in [1.29, 1.82) is 0 Å². The molecule has 1 unspecified atom stereocenters. The molecule has 7 amide bonds. The first-order valence-electron chi connectivity index (χ1n) is 9.81. The lowest BCUT2D eigenvalue weighted by Crippen LogP contribution is -2.56. The van der Waals surface area contributed by atoms with E-state index in [9.17, 15) is 28.8 Å². The number of nitrogens with two attached hydrogens (primary N) is 1. The van der Waals surface area contributed by atoms with E-state index < -0.39 is 61.4 Å². The molecule has 0 saturated carbocycles. The summed E-state index contributed by atoms with van der Waals surface area (Å²) in [5.41, 5.74) is 5.46. The second-order valence-electron chi connectivity index (χ2n) is 6.97. The first-order valence-corrected chi connectivity index (χ1v) is 10.9. The number of imide groups is 1. The fourth-order valence-corrected chi connectivity index (χ4v) is 3.50. The molecule has 1 atom stereocenters. The van der Waals surface area contributed by atoms with Crippen molar-refractivity contribution in [3.05, 3.63) is 21.8 Å². The summed E-state index contributed by atoms with van der Waals surface area (Å²) in [5, 5.41) is 15.1. The summed E-state index contributed by atoms with van der Waals surface area (Å²) < 4.78 is 6.15. The summed E-state index contributed by atoms with van der Waals surface area (Å²) in [5.74, 6) is -2.68. The number of carbonyl (C=O) groups is 6. The Morgan fingerprint density at radius 2 is 1.94 bits per heavy atom. The zero-order valence-corrected chi connectivity index (χ0v) is 20.2. The molecular weight excluding hydrogens is 567 g/mol. The van der Waals surface area contributed by atoms with Crippen molar-refractivity contribution in [3.8, 4) is 5.75 Å². The minimum atomic E-state index is -1.55. The van der Waals surface area contributed by atoms with E-state index in [1.54, 1.807) is 18.2 Å². The van der Waals surface area contributed by atoms with Crippen LogP contribution in [0.15, 0.2) is 18.2 Å². The average molecular weight is 590 g/mol. The van der Waals surface area contributed by atoms with Crippen LogP contribution in [0.5, 0.6) is 5.75 Å². The van der Waals surface area contributed by atoms with Crippen molar-refractivity contribution in [2.45, 2.75) is 18.9 Å². The molecule has 0 radical (unpaired) electrons. The van der Waals surface area contributed by atoms with Gasteiger partial charge in [0.05, 0.1) is 25.8 Å². The van der Waals surface area contributed by atoms with Gasteiger partial charge in [-0.3, -0.25) is 24.1 Å². The standard InChI is InChI=1S/C19H23IN6O8/c1-34-13-3-2-10(20)6-12(13)25-5-4-16(29)26(19(25)33)9-23-15(28)8-22-17(30)11(7-14(21)27)24-18(31)32/h2-3,6,11,24H,4-5,7-9H2,1H3,(H2,21,27)(H,22,30)(H,23,28)(H,31,32). The number of primary amides is 1. The van der Waals surface area contributed by atoms with Gasteiger partial charge in [-0.05, 0) is 40.8 Å². The number of nitrogens with one attached hydrogen (secondary N) is 3. The summed E-state index contributed by atoms with van der Waals surface area (Å²) >= 11 is 2.08. The number of halogens is 1. The number of nitrogens with zero attached hydrogens (tertiary/aromatic N) is 2. The van der Waals surface area contributed by atoms with Gasteiger partial charge < -0.3 is 31.5 Å². The van der Waals surface area contributed by atoms with Crippen LogP contribution < -0.4 is 31.3 Å². The predicted molar refractivity (Wildman–Crippen MR) is 125 cm³/mol. The van der Waals surface area contributed by atoms with Gasteiger partial charge in [-0.15, -0.1) is 0 Å². The maximum Gasteiger partial charge on any atom is 0.405 e. The highest BCUT2D eigenvalue weighted by Crippen LogP contribution is 2.32. The molecule has 0 aliphatic carbocycles. The molecule has 1 aliphatic rings. The summed E-state index contributed by atoms with van der Waals surface area (Å²) in [7, 11) is 1.46. The van der Waals surface area contributed by atoms with E-state index >= 15 is 0 Å². The highest BCUT2D eigenvalue weighted by molar-refractivity contribution is 14.1. The lowest BCUT2D eigenvalue weighted by molar-refractivity contribution is -0.131. The van der Waals surface area contributed by atoms with Crippen molar-refractivity contribution in [3.63, 3.8) is 0 Å². The Hall–Kier alpha value is -3.63. The molecule has 184 valence electrons. The molecule has 2 rings (SSSR count). The maximum atomic E-state index is 12.9. The monoisotopic (exact) mass is 590 g/mol. The largest absolute Gasteiger partial charge is 0.495 e.